The number of anilines is 1. The predicted molar refractivity (Wildman–Crippen MR) is 67.4 cm³/mol. The van der Waals surface area contributed by atoms with Crippen molar-refractivity contribution in [1.29, 1.82) is 0 Å². The lowest BCUT2D eigenvalue weighted by molar-refractivity contribution is 0.0378. The van der Waals surface area contributed by atoms with Crippen LogP contribution < -0.4 is 10.5 Å². The Kier molecular flexibility index (Phi) is 3.99. The van der Waals surface area contributed by atoms with Crippen molar-refractivity contribution in [3.8, 4) is 5.75 Å². The van der Waals surface area contributed by atoms with Crippen molar-refractivity contribution in [1.82, 2.24) is 0 Å². The summed E-state index contributed by atoms with van der Waals surface area (Å²) >= 11 is 0. The Morgan fingerprint density at radius 1 is 1.35 bits per heavy atom. The SMILES string of the molecule is COc1cc(C)c(C(=O)OC(C)C)c(N)c1C. The first-order valence-electron chi connectivity index (χ1n) is 5.53. The molecule has 0 aromatic heterocycles. The zero-order valence-electron chi connectivity index (χ0n) is 11.0. The van der Waals surface area contributed by atoms with Crippen LogP contribution in [0.3, 0.4) is 0 Å². The largest absolute Gasteiger partial charge is 0.496 e. The minimum atomic E-state index is -0.388. The number of ether oxygens (including phenoxy) is 2. The van der Waals surface area contributed by atoms with Crippen molar-refractivity contribution >= 4 is 11.7 Å². The van der Waals surface area contributed by atoms with Gasteiger partial charge >= 0.3 is 5.97 Å². The molecule has 0 aliphatic rings. The van der Waals surface area contributed by atoms with Crippen molar-refractivity contribution < 1.29 is 14.3 Å². The molecule has 0 saturated carbocycles. The molecule has 0 spiro atoms. The summed E-state index contributed by atoms with van der Waals surface area (Å²) in [6.07, 6.45) is -0.163. The van der Waals surface area contributed by atoms with Crippen LogP contribution in [0.4, 0.5) is 5.69 Å². The average Bonchev–Trinajstić information content (AvgIpc) is 2.22. The molecule has 0 aliphatic carbocycles. The third kappa shape index (κ3) is 2.70. The second-order valence-electron chi connectivity index (χ2n) is 4.26. The fraction of sp³-hybridized carbons (Fsp3) is 0.462. The van der Waals surface area contributed by atoms with Crippen LogP contribution in [-0.4, -0.2) is 19.2 Å². The molecule has 0 saturated heterocycles. The normalized spacial score (nSPS) is 10.5. The van der Waals surface area contributed by atoms with Crippen LogP contribution in [0.2, 0.25) is 0 Å². The number of aryl methyl sites for hydroxylation is 1. The van der Waals surface area contributed by atoms with E-state index in [4.69, 9.17) is 15.2 Å². The second kappa shape index (κ2) is 5.08. The van der Waals surface area contributed by atoms with Gasteiger partial charge in [-0.15, -0.1) is 0 Å². The van der Waals surface area contributed by atoms with Crippen LogP contribution in [0.15, 0.2) is 6.07 Å². The molecule has 17 heavy (non-hydrogen) atoms. The zero-order valence-corrected chi connectivity index (χ0v) is 11.0. The lowest BCUT2D eigenvalue weighted by atomic mass is 10.0. The summed E-state index contributed by atoms with van der Waals surface area (Å²) in [6.45, 7) is 7.24. The molecule has 4 nitrogen and oxygen atoms in total. The Hall–Kier alpha value is -1.71. The molecule has 4 heteroatoms. The molecular weight excluding hydrogens is 218 g/mol. The minimum absolute atomic E-state index is 0.163. The van der Waals surface area contributed by atoms with E-state index in [0.717, 1.165) is 11.1 Å². The molecular formula is C13H19NO3. The summed E-state index contributed by atoms with van der Waals surface area (Å²) in [4.78, 5) is 11.9. The molecule has 0 fully saturated rings. The van der Waals surface area contributed by atoms with E-state index in [9.17, 15) is 4.79 Å². The summed E-state index contributed by atoms with van der Waals surface area (Å²) in [6, 6.07) is 1.79. The van der Waals surface area contributed by atoms with E-state index in [0.29, 0.717) is 17.0 Å². The summed E-state index contributed by atoms with van der Waals surface area (Å²) in [5, 5.41) is 0. The maximum absolute atomic E-state index is 11.9. The van der Waals surface area contributed by atoms with Crippen LogP contribution >= 0.6 is 0 Å². The standard InChI is InChI=1S/C13H19NO3/c1-7(2)17-13(15)11-8(3)6-10(16-5)9(4)12(11)14/h6-7H,14H2,1-5H3. The fourth-order valence-electron chi connectivity index (χ4n) is 1.67. The van der Waals surface area contributed by atoms with Crippen LogP contribution in [0.5, 0.6) is 5.75 Å². The second-order valence-corrected chi connectivity index (χ2v) is 4.26. The number of esters is 1. The highest BCUT2D eigenvalue weighted by atomic mass is 16.5. The van der Waals surface area contributed by atoms with E-state index in [-0.39, 0.29) is 12.1 Å². The lowest BCUT2D eigenvalue weighted by Gasteiger charge is -2.16. The van der Waals surface area contributed by atoms with Gasteiger partial charge in [-0.2, -0.15) is 0 Å². The van der Waals surface area contributed by atoms with Gasteiger partial charge in [-0.25, -0.2) is 4.79 Å². The van der Waals surface area contributed by atoms with E-state index in [2.05, 4.69) is 0 Å². The van der Waals surface area contributed by atoms with E-state index >= 15 is 0 Å². The van der Waals surface area contributed by atoms with Gasteiger partial charge in [0, 0.05) is 5.56 Å². The number of hydrogen-bond donors (Lipinski definition) is 1. The van der Waals surface area contributed by atoms with Gasteiger partial charge in [0.05, 0.1) is 24.5 Å². The van der Waals surface area contributed by atoms with Gasteiger partial charge in [0.2, 0.25) is 0 Å². The maximum atomic E-state index is 11.9. The number of carbonyl (C=O) groups is 1. The summed E-state index contributed by atoms with van der Waals surface area (Å²) < 4.78 is 10.4. The lowest BCUT2D eigenvalue weighted by Crippen LogP contribution is -2.15. The molecule has 94 valence electrons. The van der Waals surface area contributed by atoms with Gasteiger partial charge in [-0.05, 0) is 39.3 Å². The highest BCUT2D eigenvalue weighted by Crippen LogP contribution is 2.30. The van der Waals surface area contributed by atoms with Crippen LogP contribution in [-0.2, 0) is 4.74 Å². The number of methoxy groups -OCH3 is 1. The molecule has 1 aromatic carbocycles. The van der Waals surface area contributed by atoms with Gasteiger partial charge in [-0.1, -0.05) is 0 Å². The van der Waals surface area contributed by atoms with E-state index in [1.807, 2.05) is 13.8 Å². The molecule has 1 aromatic rings. The van der Waals surface area contributed by atoms with Gasteiger partial charge < -0.3 is 15.2 Å². The number of nitrogens with two attached hydrogens (primary N) is 1. The summed E-state index contributed by atoms with van der Waals surface area (Å²) in [5.74, 6) is 0.293. The molecule has 0 heterocycles. The number of benzene rings is 1. The summed E-state index contributed by atoms with van der Waals surface area (Å²) in [7, 11) is 1.58. The third-order valence-corrected chi connectivity index (χ3v) is 2.55. The molecule has 0 radical (unpaired) electrons. The highest BCUT2D eigenvalue weighted by Gasteiger charge is 2.19. The third-order valence-electron chi connectivity index (χ3n) is 2.55. The van der Waals surface area contributed by atoms with Gasteiger partial charge in [0.1, 0.15) is 5.75 Å². The van der Waals surface area contributed by atoms with E-state index < -0.39 is 0 Å². The van der Waals surface area contributed by atoms with Crippen LogP contribution in [0.1, 0.15) is 35.3 Å². The average molecular weight is 237 g/mol. The first-order chi connectivity index (χ1) is 7.88. The Morgan fingerprint density at radius 3 is 2.41 bits per heavy atom. The topological polar surface area (TPSA) is 61.5 Å². The molecule has 1 rings (SSSR count). The first-order valence-corrected chi connectivity index (χ1v) is 5.53. The van der Waals surface area contributed by atoms with Crippen molar-refractivity contribution in [3.63, 3.8) is 0 Å². The van der Waals surface area contributed by atoms with Gasteiger partial charge in [0.15, 0.2) is 0 Å². The van der Waals surface area contributed by atoms with Gasteiger partial charge in [-0.3, -0.25) is 0 Å². The van der Waals surface area contributed by atoms with Gasteiger partial charge in [0.25, 0.3) is 0 Å². The number of carbonyl (C=O) groups excluding carboxylic acids is 1. The van der Waals surface area contributed by atoms with Crippen LogP contribution in [0, 0.1) is 13.8 Å². The van der Waals surface area contributed by atoms with Crippen molar-refractivity contribution in [2.75, 3.05) is 12.8 Å². The van der Waals surface area contributed by atoms with Crippen LogP contribution in [0.25, 0.3) is 0 Å². The first kappa shape index (κ1) is 13.4. The maximum Gasteiger partial charge on any atom is 0.340 e. The summed E-state index contributed by atoms with van der Waals surface area (Å²) in [5.41, 5.74) is 8.32. The molecule has 2 N–H and O–H groups in total. The molecule has 0 amide bonds. The Bertz CT molecular complexity index is 439. The Labute approximate surface area is 102 Å². The fourth-order valence-corrected chi connectivity index (χ4v) is 1.67. The number of nitrogen functional groups attached to an aromatic ring is 1. The molecule has 0 aliphatic heterocycles. The smallest absolute Gasteiger partial charge is 0.340 e. The van der Waals surface area contributed by atoms with Crippen molar-refractivity contribution in [3.05, 3.63) is 22.8 Å². The van der Waals surface area contributed by atoms with E-state index in [1.165, 1.54) is 0 Å². The monoisotopic (exact) mass is 237 g/mol. The quantitative estimate of drug-likeness (QED) is 0.648. The number of hydrogen-bond acceptors (Lipinski definition) is 4. The highest BCUT2D eigenvalue weighted by molar-refractivity contribution is 5.98. The van der Waals surface area contributed by atoms with Crippen molar-refractivity contribution in [2.24, 2.45) is 0 Å². The molecule has 0 unspecified atom stereocenters. The number of rotatable bonds is 3. The zero-order chi connectivity index (χ0) is 13.2. The van der Waals surface area contributed by atoms with Crippen molar-refractivity contribution in [2.45, 2.75) is 33.8 Å². The van der Waals surface area contributed by atoms with E-state index in [1.54, 1.807) is 27.0 Å². The predicted octanol–water partition coefficient (Wildman–Crippen LogP) is 2.46. The molecule has 0 atom stereocenters. The Balaban J connectivity index is 3.26. The molecule has 0 bridgehead atoms. The minimum Gasteiger partial charge on any atom is -0.496 e. The Morgan fingerprint density at radius 2 is 1.94 bits per heavy atom.